The minimum absolute atomic E-state index is 0.00505. The van der Waals surface area contributed by atoms with Crippen molar-refractivity contribution < 1.29 is 31.0 Å². The van der Waals surface area contributed by atoms with E-state index < -0.39 is 20.0 Å². The lowest BCUT2D eigenvalue weighted by atomic mass is 10.2. The molecule has 2 aromatic carbocycles. The Morgan fingerprint density at radius 1 is 0.806 bits per heavy atom. The highest BCUT2D eigenvalue weighted by Crippen LogP contribution is 2.34. The fourth-order valence-corrected chi connectivity index (χ4v) is 6.17. The van der Waals surface area contributed by atoms with Gasteiger partial charge in [-0.1, -0.05) is 6.42 Å². The van der Waals surface area contributed by atoms with Crippen LogP contribution in [0.25, 0.3) is 0 Å². The number of anilines is 1. The van der Waals surface area contributed by atoms with E-state index in [1.165, 1.54) is 56.0 Å². The van der Waals surface area contributed by atoms with Crippen molar-refractivity contribution in [1.29, 1.82) is 0 Å². The summed E-state index contributed by atoms with van der Waals surface area (Å²) < 4.78 is 71.7. The van der Waals surface area contributed by atoms with Crippen LogP contribution in [-0.4, -0.2) is 55.6 Å². The third-order valence-electron chi connectivity index (χ3n) is 5.03. The molecule has 1 aliphatic heterocycles. The van der Waals surface area contributed by atoms with Gasteiger partial charge in [0.25, 0.3) is 10.0 Å². The minimum atomic E-state index is -4.15. The molecule has 31 heavy (non-hydrogen) atoms. The van der Waals surface area contributed by atoms with Crippen molar-refractivity contribution in [2.24, 2.45) is 0 Å². The van der Waals surface area contributed by atoms with E-state index in [9.17, 15) is 16.8 Å². The zero-order chi connectivity index (χ0) is 22.6. The molecule has 0 aliphatic carbocycles. The Bertz CT molecular complexity index is 1140. The average molecular weight is 471 g/mol. The smallest absolute Gasteiger partial charge is 0.265 e. The van der Waals surface area contributed by atoms with Crippen molar-refractivity contribution in [3.8, 4) is 17.2 Å². The van der Waals surface area contributed by atoms with Gasteiger partial charge in [0.15, 0.2) is 0 Å². The average Bonchev–Trinajstić information content (AvgIpc) is 2.78. The standard InChI is InChI=1S/C20H26N2O7S2/c1-27-15-7-9-19(29-3)20(13-15)30(23,24)21-17-14-16(8-10-18(17)28-2)31(25,26)22-11-5-4-6-12-22/h7-10,13-14,21H,4-6,11-12H2,1-3H3. The maximum absolute atomic E-state index is 13.1. The summed E-state index contributed by atoms with van der Waals surface area (Å²) in [7, 11) is -3.76. The van der Waals surface area contributed by atoms with Gasteiger partial charge in [-0.3, -0.25) is 4.72 Å². The number of sulfonamides is 2. The molecule has 1 fully saturated rings. The molecule has 1 N–H and O–H groups in total. The van der Waals surface area contributed by atoms with E-state index >= 15 is 0 Å². The molecule has 1 heterocycles. The minimum Gasteiger partial charge on any atom is -0.497 e. The van der Waals surface area contributed by atoms with E-state index in [4.69, 9.17) is 14.2 Å². The summed E-state index contributed by atoms with van der Waals surface area (Å²) in [6.07, 6.45) is 2.58. The lowest BCUT2D eigenvalue weighted by molar-refractivity contribution is 0.346. The van der Waals surface area contributed by atoms with Gasteiger partial charge in [0, 0.05) is 19.2 Å². The van der Waals surface area contributed by atoms with E-state index in [2.05, 4.69) is 4.72 Å². The summed E-state index contributed by atoms with van der Waals surface area (Å²) in [5.74, 6) is 0.627. The van der Waals surface area contributed by atoms with Gasteiger partial charge >= 0.3 is 0 Å². The molecule has 0 spiro atoms. The normalized spacial score (nSPS) is 15.3. The zero-order valence-electron chi connectivity index (χ0n) is 17.6. The van der Waals surface area contributed by atoms with Gasteiger partial charge in [-0.05, 0) is 43.2 Å². The number of piperidine rings is 1. The third-order valence-corrected chi connectivity index (χ3v) is 8.31. The van der Waals surface area contributed by atoms with Crippen molar-refractivity contribution in [3.05, 3.63) is 36.4 Å². The molecule has 0 bridgehead atoms. The number of rotatable bonds is 8. The second-order valence-corrected chi connectivity index (χ2v) is 10.5. The largest absolute Gasteiger partial charge is 0.497 e. The van der Waals surface area contributed by atoms with E-state index in [1.807, 2.05) is 0 Å². The highest BCUT2D eigenvalue weighted by atomic mass is 32.2. The van der Waals surface area contributed by atoms with Crippen molar-refractivity contribution in [2.45, 2.75) is 29.1 Å². The van der Waals surface area contributed by atoms with Crippen LogP contribution >= 0.6 is 0 Å². The lowest BCUT2D eigenvalue weighted by Crippen LogP contribution is -2.35. The van der Waals surface area contributed by atoms with Crippen LogP contribution in [0.4, 0.5) is 5.69 Å². The van der Waals surface area contributed by atoms with Gasteiger partial charge in [0.05, 0.1) is 31.9 Å². The molecule has 0 saturated carbocycles. The fraction of sp³-hybridized carbons (Fsp3) is 0.400. The summed E-state index contributed by atoms with van der Waals surface area (Å²) in [5.41, 5.74) is 0.00505. The van der Waals surface area contributed by atoms with Crippen molar-refractivity contribution in [2.75, 3.05) is 39.1 Å². The Hall–Kier alpha value is -2.50. The van der Waals surface area contributed by atoms with Crippen LogP contribution in [-0.2, 0) is 20.0 Å². The quantitative estimate of drug-likeness (QED) is 0.631. The SMILES string of the molecule is COc1ccc(OC)c(S(=O)(=O)Nc2cc(S(=O)(=O)N3CCCCC3)ccc2OC)c1. The molecule has 11 heteroatoms. The molecule has 9 nitrogen and oxygen atoms in total. The zero-order valence-corrected chi connectivity index (χ0v) is 19.3. The predicted molar refractivity (Wildman–Crippen MR) is 116 cm³/mol. The molecule has 1 aliphatic rings. The molecule has 170 valence electrons. The Morgan fingerprint density at radius 2 is 1.45 bits per heavy atom. The number of hydrogen-bond donors (Lipinski definition) is 1. The summed E-state index contributed by atoms with van der Waals surface area (Å²) in [6, 6.07) is 8.48. The second-order valence-electron chi connectivity index (χ2n) is 6.95. The molecule has 0 amide bonds. The summed E-state index contributed by atoms with van der Waals surface area (Å²) in [4.78, 5) is -0.161. The molecule has 2 aromatic rings. The first kappa shape index (κ1) is 23.2. The predicted octanol–water partition coefficient (Wildman–Crippen LogP) is 2.69. The molecule has 0 aromatic heterocycles. The lowest BCUT2D eigenvalue weighted by Gasteiger charge is -2.26. The number of hydrogen-bond acceptors (Lipinski definition) is 7. The monoisotopic (exact) mass is 470 g/mol. The van der Waals surface area contributed by atoms with Gasteiger partial charge in [-0.25, -0.2) is 16.8 Å². The topological polar surface area (TPSA) is 111 Å². The van der Waals surface area contributed by atoms with Crippen LogP contribution in [0.2, 0.25) is 0 Å². The maximum Gasteiger partial charge on any atom is 0.265 e. The van der Waals surface area contributed by atoms with Crippen LogP contribution in [0.5, 0.6) is 17.2 Å². The molecule has 0 atom stereocenters. The second kappa shape index (κ2) is 9.33. The Balaban J connectivity index is 2.02. The van der Waals surface area contributed by atoms with E-state index in [1.54, 1.807) is 6.07 Å². The summed E-state index contributed by atoms with van der Waals surface area (Å²) in [6.45, 7) is 0.882. The first-order valence-electron chi connectivity index (χ1n) is 9.66. The first-order valence-corrected chi connectivity index (χ1v) is 12.6. The Labute approximate surface area is 183 Å². The summed E-state index contributed by atoms with van der Waals surface area (Å²) >= 11 is 0. The Morgan fingerprint density at radius 3 is 2.06 bits per heavy atom. The van der Waals surface area contributed by atoms with Gasteiger partial charge in [0.1, 0.15) is 22.1 Å². The summed E-state index contributed by atoms with van der Waals surface area (Å²) in [5, 5.41) is 0. The van der Waals surface area contributed by atoms with Crippen LogP contribution < -0.4 is 18.9 Å². The maximum atomic E-state index is 13.1. The van der Waals surface area contributed by atoms with Gasteiger partial charge < -0.3 is 14.2 Å². The van der Waals surface area contributed by atoms with Crippen LogP contribution in [0, 0.1) is 0 Å². The Kier molecular flexibility index (Phi) is 6.97. The number of benzene rings is 2. The van der Waals surface area contributed by atoms with Gasteiger partial charge in [0.2, 0.25) is 10.0 Å². The molecule has 0 radical (unpaired) electrons. The molecule has 0 unspecified atom stereocenters. The van der Waals surface area contributed by atoms with Crippen LogP contribution in [0.1, 0.15) is 19.3 Å². The highest BCUT2D eigenvalue weighted by molar-refractivity contribution is 7.93. The van der Waals surface area contributed by atoms with E-state index in [0.717, 1.165) is 19.3 Å². The van der Waals surface area contributed by atoms with Crippen molar-refractivity contribution in [1.82, 2.24) is 4.31 Å². The molecule has 3 rings (SSSR count). The van der Waals surface area contributed by atoms with Gasteiger partial charge in [-0.15, -0.1) is 0 Å². The van der Waals surface area contributed by atoms with Crippen molar-refractivity contribution in [3.63, 3.8) is 0 Å². The number of nitrogens with zero attached hydrogens (tertiary/aromatic N) is 1. The van der Waals surface area contributed by atoms with Crippen LogP contribution in [0.15, 0.2) is 46.2 Å². The van der Waals surface area contributed by atoms with Crippen molar-refractivity contribution >= 4 is 25.7 Å². The van der Waals surface area contributed by atoms with E-state index in [0.29, 0.717) is 18.8 Å². The third kappa shape index (κ3) is 4.89. The van der Waals surface area contributed by atoms with Crippen LogP contribution in [0.3, 0.4) is 0 Å². The number of nitrogens with one attached hydrogen (secondary N) is 1. The highest BCUT2D eigenvalue weighted by Gasteiger charge is 2.28. The number of ether oxygens (including phenoxy) is 3. The molecular formula is C20H26N2O7S2. The number of methoxy groups -OCH3 is 3. The molecular weight excluding hydrogens is 444 g/mol. The van der Waals surface area contributed by atoms with Gasteiger partial charge in [-0.2, -0.15) is 4.31 Å². The fourth-order valence-electron chi connectivity index (χ4n) is 3.38. The molecule has 1 saturated heterocycles. The van der Waals surface area contributed by atoms with E-state index in [-0.39, 0.29) is 27.0 Å². The first-order chi connectivity index (χ1) is 14.7.